The molecule has 1 atom stereocenters. The maximum absolute atomic E-state index is 11.2. The van der Waals surface area contributed by atoms with Gasteiger partial charge in [-0.15, -0.1) is 0 Å². The van der Waals surface area contributed by atoms with Crippen LogP contribution in [0, 0.1) is 0 Å². The van der Waals surface area contributed by atoms with E-state index in [1.54, 1.807) is 0 Å². The predicted molar refractivity (Wildman–Crippen MR) is 57.0 cm³/mol. The average Bonchev–Trinajstić information content (AvgIpc) is 2.18. The molecule has 0 aliphatic carbocycles. The van der Waals surface area contributed by atoms with Crippen molar-refractivity contribution in [3.63, 3.8) is 0 Å². The van der Waals surface area contributed by atoms with E-state index in [9.17, 15) is 4.79 Å². The van der Waals surface area contributed by atoms with Crippen molar-refractivity contribution in [1.29, 1.82) is 0 Å². The first-order valence-corrected chi connectivity index (χ1v) is 5.30. The molecule has 0 saturated heterocycles. The maximum Gasteiger partial charge on any atom is 0.222 e. The van der Waals surface area contributed by atoms with Gasteiger partial charge in [0.25, 0.3) is 0 Å². The Morgan fingerprint density at radius 1 is 1.50 bits per heavy atom. The minimum Gasteiger partial charge on any atom is -0.381 e. The van der Waals surface area contributed by atoms with Gasteiger partial charge in [-0.05, 0) is 19.8 Å². The Morgan fingerprint density at radius 3 is 2.79 bits per heavy atom. The van der Waals surface area contributed by atoms with Gasteiger partial charge in [0.15, 0.2) is 0 Å². The number of rotatable bonds is 8. The topological polar surface area (TPSA) is 64.3 Å². The summed E-state index contributed by atoms with van der Waals surface area (Å²) in [6.45, 7) is 5.79. The van der Waals surface area contributed by atoms with E-state index >= 15 is 0 Å². The van der Waals surface area contributed by atoms with E-state index in [-0.39, 0.29) is 11.9 Å². The number of nitrogens with one attached hydrogen (secondary N) is 1. The van der Waals surface area contributed by atoms with Gasteiger partial charge < -0.3 is 15.8 Å². The Hall–Kier alpha value is -0.610. The number of carbonyl (C=O) groups is 1. The van der Waals surface area contributed by atoms with Crippen molar-refractivity contribution in [2.45, 2.75) is 39.2 Å². The van der Waals surface area contributed by atoms with Crippen molar-refractivity contribution in [3.05, 3.63) is 0 Å². The van der Waals surface area contributed by atoms with Crippen LogP contribution in [0.5, 0.6) is 0 Å². The molecule has 0 bridgehead atoms. The summed E-state index contributed by atoms with van der Waals surface area (Å²) >= 11 is 0. The normalized spacial score (nSPS) is 12.5. The third kappa shape index (κ3) is 8.01. The van der Waals surface area contributed by atoms with Gasteiger partial charge in [-0.2, -0.15) is 0 Å². The molecule has 0 saturated carbocycles. The van der Waals surface area contributed by atoms with Crippen molar-refractivity contribution in [2.75, 3.05) is 19.8 Å². The second-order valence-corrected chi connectivity index (χ2v) is 3.25. The lowest BCUT2D eigenvalue weighted by Gasteiger charge is -2.09. The molecule has 0 aromatic carbocycles. The van der Waals surface area contributed by atoms with E-state index in [2.05, 4.69) is 5.32 Å². The van der Waals surface area contributed by atoms with Crippen molar-refractivity contribution < 1.29 is 9.53 Å². The van der Waals surface area contributed by atoms with Gasteiger partial charge in [0.2, 0.25) is 5.91 Å². The monoisotopic (exact) mass is 202 g/mol. The number of hydrogen-bond donors (Lipinski definition) is 2. The molecule has 1 amide bonds. The summed E-state index contributed by atoms with van der Waals surface area (Å²) < 4.78 is 5.07. The molecule has 84 valence electrons. The second-order valence-electron chi connectivity index (χ2n) is 3.25. The molecule has 0 fully saturated rings. The lowest BCUT2D eigenvalue weighted by atomic mass is 10.2. The highest BCUT2D eigenvalue weighted by atomic mass is 16.5. The Balaban J connectivity index is 3.26. The fourth-order valence-electron chi connectivity index (χ4n) is 0.999. The first kappa shape index (κ1) is 13.4. The minimum absolute atomic E-state index is 0.0433. The number of amides is 1. The fourth-order valence-corrected chi connectivity index (χ4v) is 0.999. The lowest BCUT2D eigenvalue weighted by Crippen LogP contribution is -2.30. The van der Waals surface area contributed by atoms with E-state index in [0.29, 0.717) is 26.2 Å². The second kappa shape index (κ2) is 8.97. The molecule has 4 heteroatoms. The summed E-state index contributed by atoms with van der Waals surface area (Å²) in [4.78, 5) is 11.2. The van der Waals surface area contributed by atoms with Crippen molar-refractivity contribution in [3.8, 4) is 0 Å². The van der Waals surface area contributed by atoms with Gasteiger partial charge in [-0.1, -0.05) is 6.92 Å². The van der Waals surface area contributed by atoms with Gasteiger partial charge in [0.05, 0.1) is 6.61 Å². The molecule has 4 nitrogen and oxygen atoms in total. The highest BCUT2D eigenvalue weighted by molar-refractivity contribution is 5.75. The highest BCUT2D eigenvalue weighted by Gasteiger charge is 2.02. The van der Waals surface area contributed by atoms with E-state index in [4.69, 9.17) is 10.5 Å². The van der Waals surface area contributed by atoms with Crippen molar-refractivity contribution in [1.82, 2.24) is 5.32 Å². The molecule has 0 rings (SSSR count). The third-order valence-corrected chi connectivity index (χ3v) is 2.04. The first-order valence-electron chi connectivity index (χ1n) is 5.30. The zero-order valence-corrected chi connectivity index (χ0v) is 9.21. The lowest BCUT2D eigenvalue weighted by molar-refractivity contribution is -0.122. The van der Waals surface area contributed by atoms with Crippen LogP contribution in [0.3, 0.4) is 0 Å². The van der Waals surface area contributed by atoms with Crippen LogP contribution in [0.1, 0.15) is 33.1 Å². The van der Waals surface area contributed by atoms with Crippen molar-refractivity contribution in [2.24, 2.45) is 5.73 Å². The zero-order chi connectivity index (χ0) is 10.8. The molecule has 0 heterocycles. The molecule has 0 aliphatic rings. The Labute approximate surface area is 86.2 Å². The van der Waals surface area contributed by atoms with Crippen LogP contribution in [-0.2, 0) is 9.53 Å². The third-order valence-electron chi connectivity index (χ3n) is 2.04. The highest BCUT2D eigenvalue weighted by Crippen LogP contribution is 1.91. The molecule has 0 spiro atoms. The van der Waals surface area contributed by atoms with Crippen LogP contribution in [0.2, 0.25) is 0 Å². The molecule has 0 aliphatic heterocycles. The average molecular weight is 202 g/mol. The standard InChI is InChI=1S/C10H22N2O2/c1-3-9(11)5-7-12-10(13)6-8-14-4-2/h9H,3-8,11H2,1-2H3,(H,12,13). The molecule has 3 N–H and O–H groups in total. The van der Waals surface area contributed by atoms with Gasteiger partial charge in [-0.25, -0.2) is 0 Å². The molecule has 1 unspecified atom stereocenters. The van der Waals surface area contributed by atoms with Gasteiger partial charge in [-0.3, -0.25) is 4.79 Å². The summed E-state index contributed by atoms with van der Waals surface area (Å²) in [6, 6.07) is 0.196. The molecule has 0 aromatic rings. The van der Waals surface area contributed by atoms with Crippen LogP contribution in [-0.4, -0.2) is 31.7 Å². The zero-order valence-electron chi connectivity index (χ0n) is 9.21. The summed E-state index contributed by atoms with van der Waals surface area (Å²) in [6.07, 6.45) is 2.24. The Morgan fingerprint density at radius 2 is 2.21 bits per heavy atom. The van der Waals surface area contributed by atoms with E-state index in [1.807, 2.05) is 13.8 Å². The van der Waals surface area contributed by atoms with Gasteiger partial charge >= 0.3 is 0 Å². The summed E-state index contributed by atoms with van der Waals surface area (Å²) in [7, 11) is 0. The molecule has 0 aromatic heterocycles. The molecular weight excluding hydrogens is 180 g/mol. The minimum atomic E-state index is 0.0433. The SMILES string of the molecule is CCOCCC(=O)NCCC(N)CC. The van der Waals surface area contributed by atoms with Crippen molar-refractivity contribution >= 4 is 5.91 Å². The number of carbonyl (C=O) groups excluding carboxylic acids is 1. The summed E-state index contributed by atoms with van der Waals surface area (Å²) in [5.74, 6) is 0.0433. The van der Waals surface area contributed by atoms with E-state index < -0.39 is 0 Å². The largest absolute Gasteiger partial charge is 0.381 e. The van der Waals surface area contributed by atoms with Gasteiger partial charge in [0.1, 0.15) is 0 Å². The summed E-state index contributed by atoms with van der Waals surface area (Å²) in [5.41, 5.74) is 5.70. The smallest absolute Gasteiger partial charge is 0.222 e. The number of ether oxygens (including phenoxy) is 1. The summed E-state index contributed by atoms with van der Waals surface area (Å²) in [5, 5.41) is 2.81. The van der Waals surface area contributed by atoms with Crippen LogP contribution >= 0.6 is 0 Å². The van der Waals surface area contributed by atoms with Crippen LogP contribution < -0.4 is 11.1 Å². The van der Waals surface area contributed by atoms with Crippen LogP contribution in [0.25, 0.3) is 0 Å². The number of hydrogen-bond acceptors (Lipinski definition) is 3. The predicted octanol–water partition coefficient (Wildman–Crippen LogP) is 0.657. The molecule has 0 radical (unpaired) electrons. The Bertz CT molecular complexity index is 151. The molecule has 14 heavy (non-hydrogen) atoms. The Kier molecular flexibility index (Phi) is 8.57. The first-order chi connectivity index (χ1) is 6.70. The fraction of sp³-hybridized carbons (Fsp3) is 0.900. The van der Waals surface area contributed by atoms with Crippen LogP contribution in [0.4, 0.5) is 0 Å². The van der Waals surface area contributed by atoms with Gasteiger partial charge in [0, 0.05) is 25.6 Å². The van der Waals surface area contributed by atoms with Crippen LogP contribution in [0.15, 0.2) is 0 Å². The maximum atomic E-state index is 11.2. The number of nitrogens with two attached hydrogens (primary N) is 1. The van der Waals surface area contributed by atoms with E-state index in [0.717, 1.165) is 12.8 Å². The quantitative estimate of drug-likeness (QED) is 0.568. The van der Waals surface area contributed by atoms with E-state index in [1.165, 1.54) is 0 Å². The molecular formula is C10H22N2O2.